The van der Waals surface area contributed by atoms with Gasteiger partial charge in [0.15, 0.2) is 0 Å². The van der Waals surface area contributed by atoms with Crippen molar-refractivity contribution in [2.45, 2.75) is 38.6 Å². The van der Waals surface area contributed by atoms with Crippen LogP contribution in [0.2, 0.25) is 0 Å². The topological polar surface area (TPSA) is 66.6 Å². The number of carbonyl (C=O) groups excluding carboxylic acids is 1. The lowest BCUT2D eigenvalue weighted by Crippen LogP contribution is -2.41. The molecule has 1 aliphatic heterocycles. The molecule has 92 valence electrons. The Morgan fingerprint density at radius 2 is 2.38 bits per heavy atom. The van der Waals surface area contributed by atoms with Crippen molar-refractivity contribution < 1.29 is 9.90 Å². The number of aliphatic hydroxyl groups is 1. The molecule has 1 spiro atoms. The maximum absolute atomic E-state index is 11.8. The summed E-state index contributed by atoms with van der Waals surface area (Å²) in [5, 5.41) is 9.17. The van der Waals surface area contributed by atoms with E-state index in [-0.39, 0.29) is 17.4 Å². The first-order valence-corrected chi connectivity index (χ1v) is 6.21. The Kier molecular flexibility index (Phi) is 3.22. The quantitative estimate of drug-likeness (QED) is 0.714. The van der Waals surface area contributed by atoms with E-state index >= 15 is 0 Å². The minimum atomic E-state index is -0.384. The van der Waals surface area contributed by atoms with E-state index in [2.05, 4.69) is 0 Å². The summed E-state index contributed by atoms with van der Waals surface area (Å²) in [4.78, 5) is 13.7. The van der Waals surface area contributed by atoms with Gasteiger partial charge in [-0.25, -0.2) is 0 Å². The van der Waals surface area contributed by atoms with Crippen LogP contribution in [0.1, 0.15) is 32.6 Å². The predicted octanol–water partition coefficient (Wildman–Crippen LogP) is 0.345. The van der Waals surface area contributed by atoms with Crippen LogP contribution < -0.4 is 5.73 Å². The smallest absolute Gasteiger partial charge is 0.239 e. The molecule has 3 atom stereocenters. The average molecular weight is 226 g/mol. The molecule has 0 aromatic heterocycles. The number of amides is 1. The number of aliphatic hydroxyl groups excluding tert-OH is 1. The minimum absolute atomic E-state index is 0.0734. The van der Waals surface area contributed by atoms with Crippen molar-refractivity contribution in [1.29, 1.82) is 0 Å². The van der Waals surface area contributed by atoms with Gasteiger partial charge >= 0.3 is 0 Å². The molecule has 1 aliphatic carbocycles. The second kappa shape index (κ2) is 4.34. The first kappa shape index (κ1) is 11.9. The van der Waals surface area contributed by atoms with Gasteiger partial charge in [0.05, 0.1) is 6.04 Å². The Balaban J connectivity index is 1.95. The van der Waals surface area contributed by atoms with Crippen molar-refractivity contribution in [2.75, 3.05) is 19.7 Å². The maximum Gasteiger partial charge on any atom is 0.239 e. The Morgan fingerprint density at radius 1 is 1.62 bits per heavy atom. The molecule has 0 radical (unpaired) electrons. The Bertz CT molecular complexity index is 280. The molecule has 0 aromatic rings. The summed E-state index contributed by atoms with van der Waals surface area (Å²) in [6.07, 6.45) is 4.42. The zero-order valence-electron chi connectivity index (χ0n) is 9.98. The number of hydrogen-bond acceptors (Lipinski definition) is 3. The number of hydrogen-bond donors (Lipinski definition) is 2. The van der Waals surface area contributed by atoms with Gasteiger partial charge in [-0.2, -0.15) is 0 Å². The van der Waals surface area contributed by atoms with Crippen molar-refractivity contribution in [3.8, 4) is 0 Å². The van der Waals surface area contributed by atoms with E-state index in [4.69, 9.17) is 5.73 Å². The summed E-state index contributed by atoms with van der Waals surface area (Å²) < 4.78 is 0. The molecule has 2 fully saturated rings. The largest absolute Gasteiger partial charge is 0.396 e. The van der Waals surface area contributed by atoms with Gasteiger partial charge in [-0.15, -0.1) is 0 Å². The van der Waals surface area contributed by atoms with E-state index in [1.54, 1.807) is 6.92 Å². The highest BCUT2D eigenvalue weighted by Crippen LogP contribution is 2.47. The van der Waals surface area contributed by atoms with Crippen molar-refractivity contribution in [3.63, 3.8) is 0 Å². The zero-order chi connectivity index (χ0) is 11.8. The highest BCUT2D eigenvalue weighted by Gasteiger charge is 2.45. The molecule has 4 nitrogen and oxygen atoms in total. The lowest BCUT2D eigenvalue weighted by molar-refractivity contribution is -0.131. The van der Waals surface area contributed by atoms with Gasteiger partial charge in [0.1, 0.15) is 0 Å². The van der Waals surface area contributed by atoms with Gasteiger partial charge in [-0.05, 0) is 43.9 Å². The highest BCUT2D eigenvalue weighted by atomic mass is 16.3. The molecule has 3 N–H and O–H groups in total. The van der Waals surface area contributed by atoms with Crippen LogP contribution in [0.4, 0.5) is 0 Å². The summed E-state index contributed by atoms with van der Waals surface area (Å²) in [5.74, 6) is 0.523. The first-order valence-electron chi connectivity index (χ1n) is 6.21. The van der Waals surface area contributed by atoms with Crippen molar-refractivity contribution in [2.24, 2.45) is 17.1 Å². The minimum Gasteiger partial charge on any atom is -0.396 e. The third-order valence-corrected chi connectivity index (χ3v) is 4.20. The van der Waals surface area contributed by atoms with Crippen LogP contribution in [0.5, 0.6) is 0 Å². The van der Waals surface area contributed by atoms with Crippen LogP contribution in [0.25, 0.3) is 0 Å². The molecule has 1 saturated heterocycles. The van der Waals surface area contributed by atoms with E-state index in [9.17, 15) is 9.90 Å². The molecule has 0 bridgehead atoms. The number of carbonyl (C=O) groups is 1. The molecular formula is C12H22N2O2. The fourth-order valence-electron chi connectivity index (χ4n) is 3.26. The highest BCUT2D eigenvalue weighted by molar-refractivity contribution is 5.81. The summed E-state index contributed by atoms with van der Waals surface area (Å²) in [6.45, 7) is 3.74. The zero-order valence-corrected chi connectivity index (χ0v) is 9.98. The predicted molar refractivity (Wildman–Crippen MR) is 61.7 cm³/mol. The monoisotopic (exact) mass is 226 g/mol. The van der Waals surface area contributed by atoms with Crippen molar-refractivity contribution >= 4 is 5.91 Å². The molecule has 16 heavy (non-hydrogen) atoms. The van der Waals surface area contributed by atoms with Crippen LogP contribution in [0.3, 0.4) is 0 Å². The van der Waals surface area contributed by atoms with Gasteiger partial charge < -0.3 is 15.7 Å². The second-order valence-corrected chi connectivity index (χ2v) is 5.59. The molecule has 1 heterocycles. The molecular weight excluding hydrogens is 204 g/mol. The van der Waals surface area contributed by atoms with E-state index in [1.165, 1.54) is 0 Å². The van der Waals surface area contributed by atoms with Crippen LogP contribution in [0, 0.1) is 11.3 Å². The SMILES string of the molecule is C[C@H](N)C(=O)N1CC[C@]2(CC[C@@H](CO)C2)C1. The Labute approximate surface area is 96.8 Å². The fourth-order valence-corrected chi connectivity index (χ4v) is 3.26. The number of likely N-dealkylation sites (tertiary alicyclic amines) is 1. The van der Waals surface area contributed by atoms with Crippen LogP contribution >= 0.6 is 0 Å². The number of nitrogens with two attached hydrogens (primary N) is 1. The molecule has 1 saturated carbocycles. The lowest BCUT2D eigenvalue weighted by atomic mass is 9.84. The number of nitrogens with zero attached hydrogens (tertiary/aromatic N) is 1. The Hall–Kier alpha value is -0.610. The van der Waals surface area contributed by atoms with Crippen LogP contribution in [-0.4, -0.2) is 41.7 Å². The first-order chi connectivity index (χ1) is 7.56. The van der Waals surface area contributed by atoms with Gasteiger partial charge in [-0.1, -0.05) is 0 Å². The van der Waals surface area contributed by atoms with Gasteiger partial charge in [0.2, 0.25) is 5.91 Å². The molecule has 1 amide bonds. The van der Waals surface area contributed by atoms with Crippen molar-refractivity contribution in [3.05, 3.63) is 0 Å². The molecule has 2 rings (SSSR count). The van der Waals surface area contributed by atoms with Gasteiger partial charge in [0, 0.05) is 19.7 Å². The summed E-state index contributed by atoms with van der Waals surface area (Å²) >= 11 is 0. The standard InChI is InChI=1S/C12H22N2O2/c1-9(13)11(16)14-5-4-12(8-14)3-2-10(6-12)7-15/h9-10,15H,2-8,13H2,1H3/t9-,10+,12-/m0/s1. The second-order valence-electron chi connectivity index (χ2n) is 5.59. The van der Waals surface area contributed by atoms with Crippen molar-refractivity contribution in [1.82, 2.24) is 4.90 Å². The number of rotatable bonds is 2. The third kappa shape index (κ3) is 2.09. The van der Waals surface area contributed by atoms with Gasteiger partial charge in [-0.3, -0.25) is 4.79 Å². The van der Waals surface area contributed by atoms with E-state index in [1.807, 2.05) is 4.90 Å². The van der Waals surface area contributed by atoms with Gasteiger partial charge in [0.25, 0.3) is 0 Å². The summed E-state index contributed by atoms with van der Waals surface area (Å²) in [7, 11) is 0. The molecule has 2 aliphatic rings. The van der Waals surface area contributed by atoms with Crippen LogP contribution in [0.15, 0.2) is 0 Å². The molecule has 0 aromatic carbocycles. The molecule has 4 heteroatoms. The van der Waals surface area contributed by atoms with E-state index in [0.717, 1.165) is 38.8 Å². The average Bonchev–Trinajstić information content (AvgIpc) is 2.85. The maximum atomic E-state index is 11.8. The summed E-state index contributed by atoms with van der Waals surface area (Å²) in [5.41, 5.74) is 5.91. The van der Waals surface area contributed by atoms with E-state index in [0.29, 0.717) is 12.5 Å². The Morgan fingerprint density at radius 3 is 2.94 bits per heavy atom. The van der Waals surface area contributed by atoms with E-state index < -0.39 is 0 Å². The summed E-state index contributed by atoms with van der Waals surface area (Å²) in [6, 6.07) is -0.384. The third-order valence-electron chi connectivity index (χ3n) is 4.20. The normalized spacial score (nSPS) is 35.9. The van der Waals surface area contributed by atoms with Crippen LogP contribution in [-0.2, 0) is 4.79 Å². The fraction of sp³-hybridized carbons (Fsp3) is 0.917. The molecule has 0 unspecified atom stereocenters. The lowest BCUT2D eigenvalue weighted by Gasteiger charge is -2.25.